The van der Waals surface area contributed by atoms with Gasteiger partial charge in [-0.25, -0.2) is 0 Å². The van der Waals surface area contributed by atoms with Crippen LogP contribution in [0.3, 0.4) is 0 Å². The maximum absolute atomic E-state index is 12.6. The first-order chi connectivity index (χ1) is 23.0. The third-order valence-corrected chi connectivity index (χ3v) is 14.2. The molecule has 0 aliphatic heterocycles. The zero-order valence-electron chi connectivity index (χ0n) is 30.2. The van der Waals surface area contributed by atoms with E-state index in [1.54, 1.807) is 0 Å². The number of rotatable bonds is 13. The Kier molecular flexibility index (Phi) is 10.6. The van der Waals surface area contributed by atoms with Crippen molar-refractivity contribution in [2.24, 2.45) is 58.0 Å². The molecule has 6 rings (SSSR count). The van der Waals surface area contributed by atoms with E-state index in [-0.39, 0.29) is 29.4 Å². The van der Waals surface area contributed by atoms with Crippen molar-refractivity contribution in [1.29, 1.82) is 0 Å². The predicted octanol–water partition coefficient (Wildman–Crippen LogP) is 9.41. The van der Waals surface area contributed by atoms with Gasteiger partial charge in [0.15, 0.2) is 0 Å². The molecule has 6 nitrogen and oxygen atoms in total. The number of carbonyl (C=O) groups excluding carboxylic acids is 1. The summed E-state index contributed by atoms with van der Waals surface area (Å²) in [5, 5.41) is 0. The number of nitrogens with two attached hydrogens (primary N) is 3. The van der Waals surface area contributed by atoms with Crippen molar-refractivity contribution in [3.63, 3.8) is 0 Å². The van der Waals surface area contributed by atoms with E-state index >= 15 is 0 Å². The molecular weight excluding hydrogens is 594 g/mol. The smallest absolute Gasteiger partial charge is 0.220 e. The van der Waals surface area contributed by atoms with Crippen molar-refractivity contribution in [2.45, 2.75) is 130 Å². The Balaban J connectivity index is 1.21. The lowest BCUT2D eigenvalue weighted by atomic mass is 9.43. The van der Waals surface area contributed by atoms with E-state index in [4.69, 9.17) is 26.7 Å². The lowest BCUT2D eigenvalue weighted by Gasteiger charge is -2.63. The van der Waals surface area contributed by atoms with Crippen LogP contribution in [0.2, 0.25) is 0 Å². The van der Waals surface area contributed by atoms with Crippen LogP contribution in [-0.2, 0) is 4.79 Å². The number of hydrogen-bond acceptors (Lipinski definition) is 5. The SMILES string of the molecule is CCCCCCC(C[C@@H](C)[C@H]1CC[C@H]2[C@@H]3CC(Oc4ccc(N)cc4)C4CC(Oc5ccc(N)cc5)CC[C@]4(C)[C@H]3CC[C@]12C)C(N)=O. The van der Waals surface area contributed by atoms with Gasteiger partial charge in [-0.3, -0.25) is 4.79 Å². The Morgan fingerprint density at radius 1 is 0.792 bits per heavy atom. The Morgan fingerprint density at radius 3 is 2.06 bits per heavy atom. The summed E-state index contributed by atoms with van der Waals surface area (Å²) < 4.78 is 13.6. The minimum atomic E-state index is -0.0911. The third-order valence-electron chi connectivity index (χ3n) is 14.2. The minimum Gasteiger partial charge on any atom is -0.490 e. The lowest BCUT2D eigenvalue weighted by molar-refractivity contribution is -0.164. The van der Waals surface area contributed by atoms with Crippen LogP contribution in [0.5, 0.6) is 11.5 Å². The summed E-state index contributed by atoms with van der Waals surface area (Å²) >= 11 is 0. The van der Waals surface area contributed by atoms with Gasteiger partial charge < -0.3 is 26.7 Å². The molecule has 11 atom stereocenters. The number of amides is 1. The summed E-state index contributed by atoms with van der Waals surface area (Å²) in [5.74, 6) is 5.37. The van der Waals surface area contributed by atoms with Gasteiger partial charge in [0.05, 0.1) is 6.10 Å². The highest BCUT2D eigenvalue weighted by Gasteiger charge is 2.63. The van der Waals surface area contributed by atoms with Gasteiger partial charge in [0, 0.05) is 23.2 Å². The molecule has 0 spiro atoms. The molecule has 0 radical (unpaired) electrons. The van der Waals surface area contributed by atoms with Crippen molar-refractivity contribution in [2.75, 3.05) is 11.5 Å². The molecule has 4 aliphatic rings. The number of fused-ring (bicyclic) bond motifs is 5. The number of nitrogen functional groups attached to an aromatic ring is 2. The molecule has 0 aromatic heterocycles. The van der Waals surface area contributed by atoms with E-state index < -0.39 is 0 Å². The first-order valence-corrected chi connectivity index (χ1v) is 19.4. The molecular formula is C42H63N3O3. The fourth-order valence-corrected chi connectivity index (χ4v) is 11.7. The summed E-state index contributed by atoms with van der Waals surface area (Å²) in [4.78, 5) is 12.6. The average Bonchev–Trinajstić information content (AvgIpc) is 3.42. The number of anilines is 2. The average molecular weight is 658 g/mol. The Bertz CT molecular complexity index is 1360. The molecule has 264 valence electrons. The summed E-state index contributed by atoms with van der Waals surface area (Å²) in [6.45, 7) is 9.88. The Hall–Kier alpha value is -2.89. The molecule has 4 aliphatic carbocycles. The van der Waals surface area contributed by atoms with E-state index in [0.717, 1.165) is 61.4 Å². The second kappa shape index (κ2) is 14.5. The van der Waals surface area contributed by atoms with Crippen LogP contribution in [0.4, 0.5) is 11.4 Å². The summed E-state index contributed by atoms with van der Waals surface area (Å²) in [7, 11) is 0. The minimum absolute atomic E-state index is 0.00790. The molecule has 4 unspecified atom stereocenters. The standard InChI is InChI=1S/C42H63N3O3/c1-5-6-7-8-9-28(40(45)46)24-27(2)35-18-19-36-34-26-39(48-32-16-12-30(44)13-17-32)38-25-33(47-31-14-10-29(43)11-15-31)20-22-42(38,4)37(34)21-23-41(35,36)3/h10-17,27-28,33-39H,5-9,18-26,43-44H2,1-4H3,(H2,45,46)/t27-,28?,33?,34+,35-,36+,37+,38?,39?,41-,42-/m1/s1. The topological polar surface area (TPSA) is 114 Å². The Labute approximate surface area is 290 Å². The summed E-state index contributed by atoms with van der Waals surface area (Å²) in [5.41, 5.74) is 20.1. The zero-order valence-corrected chi connectivity index (χ0v) is 30.2. The molecule has 0 saturated heterocycles. The fraction of sp³-hybridized carbons (Fsp3) is 0.690. The number of ether oxygens (including phenoxy) is 2. The molecule has 6 heteroatoms. The molecule has 4 fully saturated rings. The first-order valence-electron chi connectivity index (χ1n) is 19.4. The van der Waals surface area contributed by atoms with E-state index in [0.29, 0.717) is 40.9 Å². The number of hydrogen-bond donors (Lipinski definition) is 3. The molecule has 2 aromatic rings. The van der Waals surface area contributed by atoms with Gasteiger partial charge >= 0.3 is 0 Å². The van der Waals surface area contributed by atoms with E-state index in [1.807, 2.05) is 48.5 Å². The van der Waals surface area contributed by atoms with Crippen LogP contribution in [0.15, 0.2) is 48.5 Å². The van der Waals surface area contributed by atoms with Gasteiger partial charge in [0.2, 0.25) is 5.91 Å². The molecule has 1 amide bonds. The van der Waals surface area contributed by atoms with Gasteiger partial charge in [0.25, 0.3) is 0 Å². The molecule has 2 aromatic carbocycles. The number of primary amides is 1. The normalized spacial score (nSPS) is 35.5. The van der Waals surface area contributed by atoms with Crippen molar-refractivity contribution >= 4 is 17.3 Å². The monoisotopic (exact) mass is 657 g/mol. The van der Waals surface area contributed by atoms with Crippen molar-refractivity contribution in [3.8, 4) is 11.5 Å². The van der Waals surface area contributed by atoms with Crippen LogP contribution in [0.1, 0.15) is 118 Å². The largest absolute Gasteiger partial charge is 0.490 e. The maximum atomic E-state index is 12.6. The lowest BCUT2D eigenvalue weighted by Crippen LogP contribution is -2.59. The van der Waals surface area contributed by atoms with Gasteiger partial charge in [-0.05, 0) is 153 Å². The molecule has 4 saturated carbocycles. The van der Waals surface area contributed by atoms with Crippen molar-refractivity contribution in [1.82, 2.24) is 0 Å². The van der Waals surface area contributed by atoms with Crippen molar-refractivity contribution in [3.05, 3.63) is 48.5 Å². The second-order valence-electron chi connectivity index (χ2n) is 16.9. The zero-order chi connectivity index (χ0) is 34.1. The number of carbonyl (C=O) groups is 1. The van der Waals surface area contributed by atoms with Gasteiger partial charge in [-0.1, -0.05) is 53.4 Å². The van der Waals surface area contributed by atoms with Gasteiger partial charge in [0.1, 0.15) is 17.6 Å². The fourth-order valence-electron chi connectivity index (χ4n) is 11.7. The van der Waals surface area contributed by atoms with Crippen molar-refractivity contribution < 1.29 is 14.3 Å². The van der Waals surface area contributed by atoms with Crippen LogP contribution >= 0.6 is 0 Å². The highest BCUT2D eigenvalue weighted by atomic mass is 16.5. The molecule has 0 bridgehead atoms. The number of benzene rings is 2. The second-order valence-corrected chi connectivity index (χ2v) is 16.9. The maximum Gasteiger partial charge on any atom is 0.220 e. The highest BCUT2D eigenvalue weighted by molar-refractivity contribution is 5.76. The van der Waals surface area contributed by atoms with Crippen LogP contribution in [0.25, 0.3) is 0 Å². The van der Waals surface area contributed by atoms with Crippen LogP contribution in [-0.4, -0.2) is 18.1 Å². The van der Waals surface area contributed by atoms with Crippen LogP contribution < -0.4 is 26.7 Å². The summed E-state index contributed by atoms with van der Waals surface area (Å²) in [6.07, 6.45) is 16.5. The molecule has 0 heterocycles. The van der Waals surface area contributed by atoms with E-state index in [9.17, 15) is 4.79 Å². The summed E-state index contributed by atoms with van der Waals surface area (Å²) in [6, 6.07) is 15.8. The third kappa shape index (κ3) is 7.05. The predicted molar refractivity (Wildman–Crippen MR) is 196 cm³/mol. The van der Waals surface area contributed by atoms with Gasteiger partial charge in [-0.2, -0.15) is 0 Å². The first kappa shape index (κ1) is 35.0. The van der Waals surface area contributed by atoms with Crippen LogP contribution in [0, 0.1) is 52.3 Å². The quantitative estimate of drug-likeness (QED) is 0.147. The van der Waals surface area contributed by atoms with E-state index in [1.165, 1.54) is 51.4 Å². The van der Waals surface area contributed by atoms with E-state index in [2.05, 4.69) is 27.7 Å². The Morgan fingerprint density at radius 2 is 1.42 bits per heavy atom. The molecule has 48 heavy (non-hydrogen) atoms. The van der Waals surface area contributed by atoms with Gasteiger partial charge in [-0.15, -0.1) is 0 Å². The molecule has 6 N–H and O–H groups in total. The number of unbranched alkanes of at least 4 members (excludes halogenated alkanes) is 3. The highest BCUT2D eigenvalue weighted by Crippen LogP contribution is 2.69.